The van der Waals surface area contributed by atoms with Crippen molar-refractivity contribution >= 4 is 42.3 Å². The molecule has 4 aromatic carbocycles. The molecular formula is C28H27NO8S2. The lowest BCUT2D eigenvalue weighted by Gasteiger charge is -2.29. The van der Waals surface area contributed by atoms with E-state index in [2.05, 4.69) is 0 Å². The zero-order chi connectivity index (χ0) is 28.4. The van der Waals surface area contributed by atoms with Gasteiger partial charge in [-0.3, -0.25) is 4.31 Å². The molecule has 204 valence electrons. The number of fused-ring (bicyclic) bond motifs is 1. The Morgan fingerprint density at radius 3 is 1.79 bits per heavy atom. The summed E-state index contributed by atoms with van der Waals surface area (Å²) in [5.41, 5.74) is 0.553. The lowest BCUT2D eigenvalue weighted by molar-refractivity contribution is -0.137. The highest BCUT2D eigenvalue weighted by atomic mass is 32.2. The third-order valence-corrected chi connectivity index (χ3v) is 9.90. The number of methoxy groups -OCH3 is 2. The van der Waals surface area contributed by atoms with E-state index in [-0.39, 0.29) is 21.2 Å². The highest BCUT2D eigenvalue weighted by Crippen LogP contribution is 2.36. The van der Waals surface area contributed by atoms with Crippen molar-refractivity contribution in [3.05, 3.63) is 90.5 Å². The summed E-state index contributed by atoms with van der Waals surface area (Å²) in [6.07, 6.45) is 0. The Kier molecular flexibility index (Phi) is 7.84. The lowest BCUT2D eigenvalue weighted by Crippen LogP contribution is -2.43. The van der Waals surface area contributed by atoms with Crippen molar-refractivity contribution in [2.24, 2.45) is 0 Å². The lowest BCUT2D eigenvalue weighted by atomic mass is 10.0. The largest absolute Gasteiger partial charge is 0.497 e. The van der Waals surface area contributed by atoms with E-state index in [1.165, 1.54) is 69.7 Å². The molecule has 0 aliphatic rings. The Balaban J connectivity index is 1.84. The number of anilines is 1. The quantitative estimate of drug-likeness (QED) is 0.296. The number of ether oxygens (including phenoxy) is 2. The van der Waals surface area contributed by atoms with Gasteiger partial charge in [-0.15, -0.1) is 0 Å². The van der Waals surface area contributed by atoms with Crippen molar-refractivity contribution in [3.8, 4) is 11.5 Å². The van der Waals surface area contributed by atoms with Crippen LogP contribution in [-0.2, 0) is 30.4 Å². The van der Waals surface area contributed by atoms with Gasteiger partial charge >= 0.3 is 5.97 Å². The number of sulfonamides is 1. The molecule has 0 saturated heterocycles. The fourth-order valence-electron chi connectivity index (χ4n) is 4.24. The van der Waals surface area contributed by atoms with Crippen LogP contribution in [0.5, 0.6) is 11.5 Å². The zero-order valence-electron chi connectivity index (χ0n) is 21.4. The summed E-state index contributed by atoms with van der Waals surface area (Å²) in [6.45, 7) is 1.28. The minimum absolute atomic E-state index is 0.111. The molecule has 1 N–H and O–H groups in total. The van der Waals surface area contributed by atoms with E-state index < -0.39 is 31.9 Å². The molecule has 9 nitrogen and oxygen atoms in total. The van der Waals surface area contributed by atoms with Gasteiger partial charge in [-0.2, -0.15) is 0 Å². The Hall–Kier alpha value is -4.09. The molecule has 1 atom stereocenters. The van der Waals surface area contributed by atoms with Crippen LogP contribution >= 0.6 is 0 Å². The maximum atomic E-state index is 13.8. The van der Waals surface area contributed by atoms with Crippen LogP contribution in [0.25, 0.3) is 10.8 Å². The Morgan fingerprint density at radius 1 is 0.769 bits per heavy atom. The summed E-state index contributed by atoms with van der Waals surface area (Å²) in [5.74, 6) is -0.726. The molecule has 0 spiro atoms. The standard InChI is InChI=1S/C28H27NO8S2/c1-19(28(30)31)29(39(34,35)24-15-11-22(37-3)12-16-24)27-17-8-20(25-6-4-5-7-26(25)27)18-38(32,33)23-13-9-21(36-2)10-14-23/h4-17,19H,18H2,1-3H3,(H,30,31)/t19-/m1/s1. The van der Waals surface area contributed by atoms with Gasteiger partial charge in [0, 0.05) is 5.39 Å². The first-order valence-corrected chi connectivity index (χ1v) is 14.9. The van der Waals surface area contributed by atoms with Crippen LogP contribution < -0.4 is 13.8 Å². The van der Waals surface area contributed by atoms with Gasteiger partial charge in [-0.1, -0.05) is 30.3 Å². The summed E-state index contributed by atoms with van der Waals surface area (Å²) in [6, 6.07) is 19.9. The first-order valence-electron chi connectivity index (χ1n) is 11.8. The SMILES string of the molecule is COc1ccc(S(=O)(=O)Cc2ccc(N([C@H](C)C(=O)O)S(=O)(=O)c3ccc(OC)cc3)c3ccccc23)cc1. The van der Waals surface area contributed by atoms with E-state index >= 15 is 0 Å². The van der Waals surface area contributed by atoms with Crippen molar-refractivity contribution in [2.45, 2.75) is 28.5 Å². The van der Waals surface area contributed by atoms with E-state index in [9.17, 15) is 26.7 Å². The number of rotatable bonds is 10. The number of sulfone groups is 1. The van der Waals surface area contributed by atoms with Crippen molar-refractivity contribution in [2.75, 3.05) is 18.5 Å². The smallest absolute Gasteiger partial charge is 0.327 e. The highest BCUT2D eigenvalue weighted by molar-refractivity contribution is 7.93. The normalized spacial score (nSPS) is 12.6. The van der Waals surface area contributed by atoms with Crippen LogP contribution in [0, 0.1) is 0 Å². The highest BCUT2D eigenvalue weighted by Gasteiger charge is 2.35. The third-order valence-electron chi connectivity index (χ3n) is 6.32. The van der Waals surface area contributed by atoms with Gasteiger partial charge in [0.05, 0.1) is 35.5 Å². The Bertz CT molecular complexity index is 1720. The summed E-state index contributed by atoms with van der Waals surface area (Å²) in [4.78, 5) is 12.1. The fourth-order valence-corrected chi connectivity index (χ4v) is 7.25. The molecule has 4 rings (SSSR count). The number of aliphatic carboxylic acids is 1. The first kappa shape index (κ1) is 27.9. The van der Waals surface area contributed by atoms with Crippen LogP contribution in [0.2, 0.25) is 0 Å². The minimum atomic E-state index is -4.35. The molecule has 0 heterocycles. The monoisotopic (exact) mass is 569 g/mol. The number of carboxylic acids is 1. The number of nitrogens with zero attached hydrogens (tertiary/aromatic N) is 1. The van der Waals surface area contributed by atoms with Gasteiger partial charge in [0.15, 0.2) is 9.84 Å². The second kappa shape index (κ2) is 11.0. The van der Waals surface area contributed by atoms with Gasteiger partial charge in [-0.25, -0.2) is 21.6 Å². The molecule has 0 aliphatic carbocycles. The third kappa shape index (κ3) is 5.55. The topological polar surface area (TPSA) is 127 Å². The van der Waals surface area contributed by atoms with Crippen LogP contribution in [0.3, 0.4) is 0 Å². The Morgan fingerprint density at radius 2 is 1.28 bits per heavy atom. The molecule has 0 fully saturated rings. The van der Waals surface area contributed by atoms with Gasteiger partial charge in [0.25, 0.3) is 10.0 Å². The molecule has 0 bridgehead atoms. The summed E-state index contributed by atoms with van der Waals surface area (Å²) in [5, 5.41) is 10.7. The van der Waals surface area contributed by atoms with Crippen molar-refractivity contribution in [3.63, 3.8) is 0 Å². The van der Waals surface area contributed by atoms with Gasteiger partial charge in [0.2, 0.25) is 0 Å². The predicted octanol–water partition coefficient (Wildman–Crippen LogP) is 4.50. The molecule has 39 heavy (non-hydrogen) atoms. The maximum Gasteiger partial charge on any atom is 0.327 e. The summed E-state index contributed by atoms with van der Waals surface area (Å²) >= 11 is 0. The molecule has 0 aliphatic heterocycles. The molecular weight excluding hydrogens is 542 g/mol. The van der Waals surface area contributed by atoms with Gasteiger partial charge in [-0.05, 0) is 72.5 Å². The minimum Gasteiger partial charge on any atom is -0.497 e. The molecule has 4 aromatic rings. The fraction of sp³-hybridized carbons (Fsp3) is 0.179. The first-order chi connectivity index (χ1) is 18.5. The second-order valence-electron chi connectivity index (χ2n) is 8.71. The average molecular weight is 570 g/mol. The number of carbonyl (C=O) groups is 1. The number of benzene rings is 4. The van der Waals surface area contributed by atoms with E-state index in [1.807, 2.05) is 0 Å². The Labute approximate surface area is 227 Å². The van der Waals surface area contributed by atoms with Crippen LogP contribution in [0.15, 0.2) is 94.7 Å². The van der Waals surface area contributed by atoms with Crippen molar-refractivity contribution < 1.29 is 36.2 Å². The van der Waals surface area contributed by atoms with Crippen LogP contribution in [-0.4, -0.2) is 48.2 Å². The van der Waals surface area contributed by atoms with Gasteiger partial charge < -0.3 is 14.6 Å². The molecule has 0 radical (unpaired) electrons. The van der Waals surface area contributed by atoms with Crippen LogP contribution in [0.4, 0.5) is 5.69 Å². The van der Waals surface area contributed by atoms with E-state index in [4.69, 9.17) is 9.47 Å². The summed E-state index contributed by atoms with van der Waals surface area (Å²) < 4.78 is 65.1. The molecule has 0 saturated carbocycles. The molecule has 0 aromatic heterocycles. The number of hydrogen-bond donors (Lipinski definition) is 1. The number of hydrogen-bond acceptors (Lipinski definition) is 7. The molecule has 11 heteroatoms. The zero-order valence-corrected chi connectivity index (χ0v) is 23.1. The maximum absolute atomic E-state index is 13.8. The second-order valence-corrected chi connectivity index (χ2v) is 12.5. The average Bonchev–Trinajstić information content (AvgIpc) is 2.94. The van der Waals surface area contributed by atoms with E-state index in [0.29, 0.717) is 27.8 Å². The van der Waals surface area contributed by atoms with Crippen molar-refractivity contribution in [1.82, 2.24) is 0 Å². The number of carboxylic acid groups (broad SMARTS) is 1. The molecule has 0 amide bonds. The van der Waals surface area contributed by atoms with Gasteiger partial charge in [0.1, 0.15) is 17.5 Å². The molecule has 0 unspecified atom stereocenters. The van der Waals surface area contributed by atoms with E-state index in [1.54, 1.807) is 36.4 Å². The predicted molar refractivity (Wildman–Crippen MR) is 148 cm³/mol. The van der Waals surface area contributed by atoms with Crippen molar-refractivity contribution in [1.29, 1.82) is 0 Å². The summed E-state index contributed by atoms with van der Waals surface area (Å²) in [7, 11) is -5.17. The van der Waals surface area contributed by atoms with Crippen LogP contribution in [0.1, 0.15) is 12.5 Å². The van der Waals surface area contributed by atoms with E-state index in [0.717, 1.165) is 4.31 Å².